The maximum Gasteiger partial charge on any atom is 0.187 e. The number of thioether (sulfide) groups is 1. The number of rotatable bonds is 2. The highest BCUT2D eigenvalue weighted by molar-refractivity contribution is 7.98. The first kappa shape index (κ1) is 13.0. The lowest BCUT2D eigenvalue weighted by Crippen LogP contribution is -2.20. The van der Waals surface area contributed by atoms with E-state index in [1.54, 1.807) is 11.8 Å². The van der Waals surface area contributed by atoms with E-state index in [1.165, 1.54) is 0 Å². The number of benzene rings is 1. The van der Waals surface area contributed by atoms with Crippen molar-refractivity contribution in [1.82, 2.24) is 19.7 Å². The fourth-order valence-electron chi connectivity index (χ4n) is 2.91. The van der Waals surface area contributed by atoms with Crippen molar-refractivity contribution in [2.75, 3.05) is 19.5 Å². The van der Waals surface area contributed by atoms with Crippen molar-refractivity contribution in [2.24, 2.45) is 0 Å². The quantitative estimate of drug-likeness (QED) is 0.538. The molecule has 21 heavy (non-hydrogen) atoms. The van der Waals surface area contributed by atoms with Crippen molar-refractivity contribution >= 4 is 33.6 Å². The van der Waals surface area contributed by atoms with E-state index in [-0.39, 0.29) is 0 Å². The van der Waals surface area contributed by atoms with Gasteiger partial charge in [-0.15, -0.1) is 0 Å². The highest BCUT2D eigenvalue weighted by Crippen LogP contribution is 2.30. The molecule has 2 aromatic heterocycles. The SMILES string of the molecule is CSc1ncc2ccc3cnn(C4CCOCC4)c3c2n1. The molecule has 108 valence electrons. The predicted octanol–water partition coefficient (Wildman–Crippen LogP) is 3.05. The Morgan fingerprint density at radius 1 is 1.19 bits per heavy atom. The van der Waals surface area contributed by atoms with Crippen LogP contribution in [-0.2, 0) is 4.74 Å². The molecule has 1 fully saturated rings. The summed E-state index contributed by atoms with van der Waals surface area (Å²) in [5.41, 5.74) is 2.12. The molecule has 0 unspecified atom stereocenters. The number of nitrogens with zero attached hydrogens (tertiary/aromatic N) is 4. The minimum atomic E-state index is 0.398. The average molecular weight is 300 g/mol. The van der Waals surface area contributed by atoms with Crippen molar-refractivity contribution in [2.45, 2.75) is 24.0 Å². The van der Waals surface area contributed by atoms with Crippen LogP contribution >= 0.6 is 11.8 Å². The Hall–Kier alpha value is -1.66. The molecule has 3 heterocycles. The molecule has 5 nitrogen and oxygen atoms in total. The largest absolute Gasteiger partial charge is 0.381 e. The lowest BCUT2D eigenvalue weighted by Gasteiger charge is -2.23. The van der Waals surface area contributed by atoms with Gasteiger partial charge in [-0.1, -0.05) is 23.9 Å². The molecule has 0 spiro atoms. The van der Waals surface area contributed by atoms with Crippen LogP contribution in [0.5, 0.6) is 0 Å². The van der Waals surface area contributed by atoms with E-state index in [1.807, 2.05) is 18.6 Å². The summed E-state index contributed by atoms with van der Waals surface area (Å²) in [4.78, 5) is 9.07. The summed E-state index contributed by atoms with van der Waals surface area (Å²) in [5, 5.41) is 7.62. The first-order chi connectivity index (χ1) is 10.4. The number of fused-ring (bicyclic) bond motifs is 3. The summed E-state index contributed by atoms with van der Waals surface area (Å²) in [6.07, 6.45) is 7.85. The molecule has 3 aromatic rings. The van der Waals surface area contributed by atoms with Crippen LogP contribution in [-0.4, -0.2) is 39.2 Å². The van der Waals surface area contributed by atoms with Gasteiger partial charge in [0.15, 0.2) is 5.16 Å². The first-order valence-corrected chi connectivity index (χ1v) is 8.34. The van der Waals surface area contributed by atoms with Crippen LogP contribution in [0.3, 0.4) is 0 Å². The molecule has 1 aliphatic heterocycles. The maximum absolute atomic E-state index is 5.46. The lowest BCUT2D eigenvalue weighted by atomic mass is 10.1. The van der Waals surface area contributed by atoms with Gasteiger partial charge < -0.3 is 4.74 Å². The molecule has 6 heteroatoms. The van der Waals surface area contributed by atoms with E-state index >= 15 is 0 Å². The van der Waals surface area contributed by atoms with Crippen molar-refractivity contribution in [3.05, 3.63) is 24.5 Å². The van der Waals surface area contributed by atoms with Crippen LogP contribution in [0.4, 0.5) is 0 Å². The minimum absolute atomic E-state index is 0.398. The Labute approximate surface area is 126 Å². The fraction of sp³-hybridized carbons (Fsp3) is 0.400. The van der Waals surface area contributed by atoms with Gasteiger partial charge in [0.05, 0.1) is 17.8 Å². The smallest absolute Gasteiger partial charge is 0.187 e. The standard InChI is InChI=1S/C15H16N4OS/c1-21-15-16-8-10-2-3-11-9-17-19(14(11)13(10)18-15)12-4-6-20-7-5-12/h2-3,8-9,12H,4-7H2,1H3. The normalized spacial score (nSPS) is 16.8. The van der Waals surface area contributed by atoms with Gasteiger partial charge in [-0.25, -0.2) is 9.97 Å². The number of hydrogen-bond donors (Lipinski definition) is 0. The topological polar surface area (TPSA) is 52.8 Å². The van der Waals surface area contributed by atoms with Crippen LogP contribution in [0.25, 0.3) is 21.8 Å². The molecule has 1 aromatic carbocycles. The zero-order chi connectivity index (χ0) is 14.2. The molecule has 0 atom stereocenters. The van der Waals surface area contributed by atoms with Crippen molar-refractivity contribution in [3.63, 3.8) is 0 Å². The highest BCUT2D eigenvalue weighted by atomic mass is 32.2. The molecule has 1 saturated heterocycles. The minimum Gasteiger partial charge on any atom is -0.381 e. The zero-order valence-electron chi connectivity index (χ0n) is 11.8. The molecule has 0 N–H and O–H groups in total. The fourth-order valence-corrected chi connectivity index (χ4v) is 3.25. The van der Waals surface area contributed by atoms with Crippen LogP contribution < -0.4 is 0 Å². The third kappa shape index (κ3) is 2.18. The van der Waals surface area contributed by atoms with Gasteiger partial charge in [-0.3, -0.25) is 4.68 Å². The molecular weight excluding hydrogens is 284 g/mol. The second-order valence-electron chi connectivity index (χ2n) is 5.23. The molecule has 0 saturated carbocycles. The number of hydrogen-bond acceptors (Lipinski definition) is 5. The molecule has 0 bridgehead atoms. The van der Waals surface area contributed by atoms with Gasteiger partial charge in [0.1, 0.15) is 5.52 Å². The predicted molar refractivity (Wildman–Crippen MR) is 83.7 cm³/mol. The molecule has 4 rings (SSSR count). The second-order valence-corrected chi connectivity index (χ2v) is 6.00. The van der Waals surface area contributed by atoms with Gasteiger partial charge in [-0.05, 0) is 19.1 Å². The Kier molecular flexibility index (Phi) is 3.27. The van der Waals surface area contributed by atoms with E-state index in [0.29, 0.717) is 6.04 Å². The number of aromatic nitrogens is 4. The highest BCUT2D eigenvalue weighted by Gasteiger charge is 2.20. The van der Waals surface area contributed by atoms with E-state index in [0.717, 1.165) is 53.0 Å². The Balaban J connectivity index is 1.96. The van der Waals surface area contributed by atoms with Crippen LogP contribution in [0, 0.1) is 0 Å². The Morgan fingerprint density at radius 2 is 2.00 bits per heavy atom. The van der Waals surface area contributed by atoms with E-state index in [4.69, 9.17) is 9.72 Å². The summed E-state index contributed by atoms with van der Waals surface area (Å²) in [5.74, 6) is 0. The number of ether oxygens (including phenoxy) is 1. The molecule has 1 aliphatic rings. The Morgan fingerprint density at radius 3 is 2.81 bits per heavy atom. The monoisotopic (exact) mass is 300 g/mol. The van der Waals surface area contributed by atoms with Gasteiger partial charge >= 0.3 is 0 Å². The summed E-state index contributed by atoms with van der Waals surface area (Å²) in [7, 11) is 0. The Bertz CT molecular complexity index is 795. The third-order valence-corrected chi connectivity index (χ3v) is 4.57. The summed E-state index contributed by atoms with van der Waals surface area (Å²) in [6, 6.07) is 4.56. The van der Waals surface area contributed by atoms with E-state index in [9.17, 15) is 0 Å². The van der Waals surface area contributed by atoms with Crippen LogP contribution in [0.2, 0.25) is 0 Å². The average Bonchev–Trinajstić information content (AvgIpc) is 2.99. The van der Waals surface area contributed by atoms with Crippen LogP contribution in [0.1, 0.15) is 18.9 Å². The van der Waals surface area contributed by atoms with Gasteiger partial charge in [-0.2, -0.15) is 5.10 Å². The van der Waals surface area contributed by atoms with Crippen molar-refractivity contribution < 1.29 is 4.74 Å². The summed E-state index contributed by atoms with van der Waals surface area (Å²) < 4.78 is 7.60. The van der Waals surface area contributed by atoms with Gasteiger partial charge in [0.25, 0.3) is 0 Å². The van der Waals surface area contributed by atoms with Gasteiger partial charge in [0.2, 0.25) is 0 Å². The van der Waals surface area contributed by atoms with Gasteiger partial charge in [0, 0.05) is 30.2 Å². The molecular formula is C15H16N4OS. The first-order valence-electron chi connectivity index (χ1n) is 7.11. The molecule has 0 amide bonds. The van der Waals surface area contributed by atoms with Crippen molar-refractivity contribution in [1.29, 1.82) is 0 Å². The van der Waals surface area contributed by atoms with Crippen molar-refractivity contribution in [3.8, 4) is 0 Å². The summed E-state index contributed by atoms with van der Waals surface area (Å²) >= 11 is 1.56. The lowest BCUT2D eigenvalue weighted by molar-refractivity contribution is 0.0675. The maximum atomic E-state index is 5.46. The zero-order valence-corrected chi connectivity index (χ0v) is 12.6. The third-order valence-electron chi connectivity index (χ3n) is 4.00. The molecule has 0 radical (unpaired) electrons. The van der Waals surface area contributed by atoms with E-state index < -0.39 is 0 Å². The van der Waals surface area contributed by atoms with Crippen LogP contribution in [0.15, 0.2) is 29.7 Å². The second kappa shape index (κ2) is 5.27. The molecule has 0 aliphatic carbocycles. The van der Waals surface area contributed by atoms with E-state index in [2.05, 4.69) is 26.9 Å². The summed E-state index contributed by atoms with van der Waals surface area (Å²) in [6.45, 7) is 1.61.